The number of fused-ring (bicyclic) bond motifs is 1. The molecule has 3 N–H and O–H groups in total. The molecule has 138 valence electrons. The fourth-order valence-electron chi connectivity index (χ4n) is 4.14. The molecular weight excluding hydrogens is 312 g/mol. The highest BCUT2D eigenvalue weighted by Gasteiger charge is 2.20. The van der Waals surface area contributed by atoms with Gasteiger partial charge in [-0.25, -0.2) is 0 Å². The Bertz CT molecular complexity index is 594. The van der Waals surface area contributed by atoms with Crippen LogP contribution in [0.4, 0.5) is 0 Å². The Labute approximate surface area is 151 Å². The molecule has 1 fully saturated rings. The van der Waals surface area contributed by atoms with E-state index in [0.29, 0.717) is 6.54 Å². The maximum atomic E-state index is 11.2. The number of nitrogens with two attached hydrogens (primary N) is 1. The molecule has 0 spiro atoms. The summed E-state index contributed by atoms with van der Waals surface area (Å²) in [5.74, 6) is 1.51. The van der Waals surface area contributed by atoms with Crippen LogP contribution in [0.2, 0.25) is 0 Å². The second-order valence-electron chi connectivity index (χ2n) is 7.71. The quantitative estimate of drug-likeness (QED) is 0.796. The largest absolute Gasteiger partial charge is 0.493 e. The van der Waals surface area contributed by atoms with Gasteiger partial charge in [-0.05, 0) is 74.1 Å². The molecule has 3 rings (SSSR count). The minimum Gasteiger partial charge on any atom is -0.493 e. The third-order valence-corrected chi connectivity index (χ3v) is 5.81. The minimum absolute atomic E-state index is 0.304. The first-order valence-corrected chi connectivity index (χ1v) is 9.94. The molecule has 4 heteroatoms. The summed E-state index contributed by atoms with van der Waals surface area (Å²) >= 11 is 0. The summed E-state index contributed by atoms with van der Waals surface area (Å²) < 4.78 is 6.27. The number of carbonyl (C=O) groups is 1. The van der Waals surface area contributed by atoms with E-state index in [1.165, 1.54) is 61.6 Å². The second kappa shape index (κ2) is 8.70. The van der Waals surface area contributed by atoms with Gasteiger partial charge in [0, 0.05) is 6.54 Å². The van der Waals surface area contributed by atoms with Crippen LogP contribution in [0.1, 0.15) is 68.6 Å². The van der Waals surface area contributed by atoms with Crippen LogP contribution < -0.4 is 15.8 Å². The third-order valence-electron chi connectivity index (χ3n) is 5.81. The van der Waals surface area contributed by atoms with Crippen molar-refractivity contribution in [3.63, 3.8) is 0 Å². The molecule has 0 bridgehead atoms. The molecule has 1 aromatic rings. The molecule has 0 radical (unpaired) electrons. The van der Waals surface area contributed by atoms with Crippen molar-refractivity contribution >= 4 is 5.91 Å². The zero-order chi connectivity index (χ0) is 17.6. The molecule has 2 aliphatic rings. The van der Waals surface area contributed by atoms with Gasteiger partial charge in [0.2, 0.25) is 5.91 Å². The second-order valence-corrected chi connectivity index (χ2v) is 7.71. The predicted octanol–water partition coefficient (Wildman–Crippen LogP) is 3.49. The highest BCUT2D eigenvalue weighted by atomic mass is 16.5. The number of nitrogens with one attached hydrogen (secondary N) is 1. The molecule has 4 nitrogen and oxygen atoms in total. The van der Waals surface area contributed by atoms with Crippen LogP contribution in [0.3, 0.4) is 0 Å². The zero-order valence-electron chi connectivity index (χ0n) is 15.5. The fourth-order valence-corrected chi connectivity index (χ4v) is 4.14. The number of amides is 1. The summed E-state index contributed by atoms with van der Waals surface area (Å²) in [6.07, 6.45) is 11.4. The number of hydrogen-bond acceptors (Lipinski definition) is 3. The van der Waals surface area contributed by atoms with Gasteiger partial charge in [-0.15, -0.1) is 0 Å². The molecule has 1 atom stereocenters. The van der Waals surface area contributed by atoms with Gasteiger partial charge in [0.05, 0.1) is 12.6 Å². The summed E-state index contributed by atoms with van der Waals surface area (Å²) in [6.45, 7) is 3.37. The van der Waals surface area contributed by atoms with Crippen LogP contribution in [0.5, 0.6) is 5.75 Å². The summed E-state index contributed by atoms with van der Waals surface area (Å²) in [5, 5.41) is 3.24. The van der Waals surface area contributed by atoms with Crippen molar-refractivity contribution in [2.24, 2.45) is 11.7 Å². The van der Waals surface area contributed by atoms with Gasteiger partial charge >= 0.3 is 0 Å². The summed E-state index contributed by atoms with van der Waals surface area (Å²) in [7, 11) is 0. The maximum Gasteiger partial charge on any atom is 0.234 e. The van der Waals surface area contributed by atoms with Gasteiger partial charge in [0.1, 0.15) is 5.75 Å². The Morgan fingerprint density at radius 3 is 2.60 bits per heavy atom. The average Bonchev–Trinajstić information content (AvgIpc) is 2.65. The van der Waals surface area contributed by atoms with Gasteiger partial charge < -0.3 is 15.8 Å². The number of benzene rings is 1. The van der Waals surface area contributed by atoms with E-state index in [4.69, 9.17) is 10.5 Å². The van der Waals surface area contributed by atoms with Crippen molar-refractivity contribution in [1.82, 2.24) is 5.32 Å². The topological polar surface area (TPSA) is 64.3 Å². The van der Waals surface area contributed by atoms with E-state index in [0.717, 1.165) is 31.1 Å². The number of hydrogen-bond donors (Lipinski definition) is 2. The number of ether oxygens (including phenoxy) is 1. The number of carbonyl (C=O) groups excluding carboxylic acids is 1. The Kier molecular flexibility index (Phi) is 6.35. The van der Waals surface area contributed by atoms with E-state index in [1.807, 2.05) is 6.92 Å². The van der Waals surface area contributed by atoms with Crippen LogP contribution in [0.25, 0.3) is 0 Å². The number of rotatable bonds is 7. The van der Waals surface area contributed by atoms with E-state index in [1.54, 1.807) is 0 Å². The van der Waals surface area contributed by atoms with E-state index in [-0.39, 0.29) is 11.9 Å². The molecule has 1 amide bonds. The molecule has 0 saturated heterocycles. The van der Waals surface area contributed by atoms with Gasteiger partial charge in [-0.1, -0.05) is 25.3 Å². The minimum atomic E-state index is -0.304. The van der Waals surface area contributed by atoms with Gasteiger partial charge in [-0.3, -0.25) is 4.79 Å². The van der Waals surface area contributed by atoms with Gasteiger partial charge in [0.15, 0.2) is 0 Å². The monoisotopic (exact) mass is 344 g/mol. The van der Waals surface area contributed by atoms with E-state index < -0.39 is 0 Å². The first-order valence-electron chi connectivity index (χ1n) is 9.94. The van der Waals surface area contributed by atoms with Gasteiger partial charge in [-0.2, -0.15) is 0 Å². The van der Waals surface area contributed by atoms with Crippen LogP contribution in [-0.2, 0) is 24.2 Å². The third kappa shape index (κ3) is 4.75. The average molecular weight is 344 g/mol. The molecule has 0 unspecified atom stereocenters. The molecule has 1 saturated carbocycles. The molecule has 0 heterocycles. The van der Waals surface area contributed by atoms with Gasteiger partial charge in [0.25, 0.3) is 0 Å². The van der Waals surface area contributed by atoms with E-state index in [2.05, 4.69) is 17.4 Å². The number of primary amides is 1. The highest BCUT2D eigenvalue weighted by molar-refractivity contribution is 5.79. The molecule has 0 aromatic heterocycles. The lowest BCUT2D eigenvalue weighted by molar-refractivity contribution is -0.119. The van der Waals surface area contributed by atoms with Crippen molar-refractivity contribution in [1.29, 1.82) is 0 Å². The zero-order valence-corrected chi connectivity index (χ0v) is 15.5. The van der Waals surface area contributed by atoms with Crippen LogP contribution >= 0.6 is 0 Å². The van der Waals surface area contributed by atoms with E-state index in [9.17, 15) is 4.79 Å². The molecular formula is C21H32N2O2. The maximum absolute atomic E-state index is 11.2. The Morgan fingerprint density at radius 2 is 1.88 bits per heavy atom. The summed E-state index contributed by atoms with van der Waals surface area (Å²) in [5.41, 5.74) is 9.46. The lowest BCUT2D eigenvalue weighted by Crippen LogP contribution is -2.38. The predicted molar refractivity (Wildman–Crippen MR) is 101 cm³/mol. The van der Waals surface area contributed by atoms with Crippen molar-refractivity contribution in [2.75, 3.05) is 6.61 Å². The summed E-state index contributed by atoms with van der Waals surface area (Å²) in [4.78, 5) is 11.2. The van der Waals surface area contributed by atoms with Crippen LogP contribution in [0.15, 0.2) is 12.1 Å². The lowest BCUT2D eigenvalue weighted by Gasteiger charge is -2.26. The van der Waals surface area contributed by atoms with Crippen LogP contribution in [0, 0.1) is 5.92 Å². The first-order chi connectivity index (χ1) is 12.1. The molecule has 25 heavy (non-hydrogen) atoms. The fraction of sp³-hybridized carbons (Fsp3) is 0.667. The SMILES string of the molecule is C[C@H](NCc1ccc(OCC2CCCCC2)c2c1CCCC2)C(N)=O. The van der Waals surface area contributed by atoms with E-state index >= 15 is 0 Å². The molecule has 0 aliphatic heterocycles. The van der Waals surface area contributed by atoms with Crippen molar-refractivity contribution in [3.05, 3.63) is 28.8 Å². The standard InChI is InChI=1S/C21H32N2O2/c1-15(21(22)24)23-13-17-11-12-20(19-10-6-5-9-18(17)19)25-14-16-7-3-2-4-8-16/h11-12,15-16,23H,2-10,13-14H2,1H3,(H2,22,24)/t15-/m0/s1. The van der Waals surface area contributed by atoms with Crippen LogP contribution in [-0.4, -0.2) is 18.6 Å². The van der Waals surface area contributed by atoms with Crippen molar-refractivity contribution in [3.8, 4) is 5.75 Å². The Balaban J connectivity index is 1.68. The summed E-state index contributed by atoms with van der Waals surface area (Å²) in [6, 6.07) is 4.00. The Hall–Kier alpha value is -1.55. The normalized spacial score (nSPS) is 19.2. The highest BCUT2D eigenvalue weighted by Crippen LogP contribution is 2.33. The molecule has 1 aromatic carbocycles. The first kappa shape index (κ1) is 18.2. The smallest absolute Gasteiger partial charge is 0.234 e. The molecule has 2 aliphatic carbocycles. The van der Waals surface area contributed by atoms with Crippen molar-refractivity contribution in [2.45, 2.75) is 77.3 Å². The Morgan fingerprint density at radius 1 is 1.16 bits per heavy atom. The lowest BCUT2D eigenvalue weighted by atomic mass is 9.87. The van der Waals surface area contributed by atoms with Crippen molar-refractivity contribution < 1.29 is 9.53 Å².